The second kappa shape index (κ2) is 7.57. The molecule has 2 aromatic rings. The van der Waals surface area contributed by atoms with Crippen LogP contribution in [0.1, 0.15) is 36.7 Å². The molecule has 1 N–H and O–H groups in total. The molecule has 0 aliphatic carbocycles. The van der Waals surface area contributed by atoms with Crippen molar-refractivity contribution < 1.29 is 18.0 Å². The highest BCUT2D eigenvalue weighted by atomic mass is 32.2. The third-order valence-corrected chi connectivity index (χ3v) is 5.71. The van der Waals surface area contributed by atoms with E-state index in [1.807, 2.05) is 24.3 Å². The molecule has 6 nitrogen and oxygen atoms in total. The van der Waals surface area contributed by atoms with E-state index >= 15 is 0 Å². The van der Waals surface area contributed by atoms with Gasteiger partial charge in [-0.05, 0) is 47.4 Å². The van der Waals surface area contributed by atoms with Gasteiger partial charge in [-0.3, -0.25) is 9.63 Å². The minimum atomic E-state index is -3.73. The van der Waals surface area contributed by atoms with E-state index in [0.29, 0.717) is 11.3 Å². The fraction of sp³-hybridized carbons (Fsp3) is 0.316. The van der Waals surface area contributed by atoms with Crippen LogP contribution >= 0.6 is 0 Å². The van der Waals surface area contributed by atoms with E-state index in [1.165, 1.54) is 44.0 Å². The number of amides is 1. The SMILES string of the molecule is CON(C)S(=O)(=O)c1ccc(C(=O)Nc2ccc(C(C)(C)C)cc2)cc1. The fourth-order valence-electron chi connectivity index (χ4n) is 2.28. The molecule has 0 saturated carbocycles. The number of sulfonamides is 1. The van der Waals surface area contributed by atoms with Crippen LogP contribution < -0.4 is 5.32 Å². The molecule has 0 unspecified atom stereocenters. The Morgan fingerprint density at radius 1 is 1.00 bits per heavy atom. The Balaban J connectivity index is 2.13. The summed E-state index contributed by atoms with van der Waals surface area (Å²) >= 11 is 0. The van der Waals surface area contributed by atoms with E-state index in [0.717, 1.165) is 4.47 Å². The van der Waals surface area contributed by atoms with Gasteiger partial charge in [-0.2, -0.15) is 0 Å². The number of rotatable bonds is 5. The molecule has 1 amide bonds. The minimum absolute atomic E-state index is 0.0409. The van der Waals surface area contributed by atoms with Crippen molar-refractivity contribution in [2.75, 3.05) is 19.5 Å². The first-order valence-electron chi connectivity index (χ1n) is 8.10. The lowest BCUT2D eigenvalue weighted by molar-refractivity contribution is -0.0258. The van der Waals surface area contributed by atoms with Crippen LogP contribution in [0.3, 0.4) is 0 Å². The summed E-state index contributed by atoms with van der Waals surface area (Å²) in [7, 11) is -1.16. The molecule has 7 heteroatoms. The van der Waals surface area contributed by atoms with Crippen LogP contribution in [-0.2, 0) is 20.3 Å². The Kier molecular flexibility index (Phi) is 5.85. The molecule has 0 saturated heterocycles. The zero-order valence-electron chi connectivity index (χ0n) is 15.6. The normalized spacial score (nSPS) is 12.2. The number of benzene rings is 2. The van der Waals surface area contributed by atoms with E-state index in [9.17, 15) is 13.2 Å². The van der Waals surface area contributed by atoms with Crippen LogP contribution in [0.15, 0.2) is 53.4 Å². The van der Waals surface area contributed by atoms with Crippen LogP contribution in [0.4, 0.5) is 5.69 Å². The smallest absolute Gasteiger partial charge is 0.264 e. The second-order valence-electron chi connectivity index (χ2n) is 6.90. The Bertz CT molecular complexity index is 867. The van der Waals surface area contributed by atoms with E-state index in [-0.39, 0.29) is 16.2 Å². The largest absolute Gasteiger partial charge is 0.322 e. The van der Waals surface area contributed by atoms with Gasteiger partial charge in [-0.1, -0.05) is 37.4 Å². The maximum absolute atomic E-state index is 12.4. The average Bonchev–Trinajstić information content (AvgIpc) is 2.60. The van der Waals surface area contributed by atoms with Crippen molar-refractivity contribution in [1.29, 1.82) is 0 Å². The average molecular weight is 376 g/mol. The van der Waals surface area contributed by atoms with Crippen molar-refractivity contribution >= 4 is 21.6 Å². The van der Waals surface area contributed by atoms with Crippen molar-refractivity contribution in [3.8, 4) is 0 Å². The van der Waals surface area contributed by atoms with Gasteiger partial charge in [-0.25, -0.2) is 8.42 Å². The molecule has 2 aromatic carbocycles. The molecule has 0 fully saturated rings. The molecule has 0 atom stereocenters. The third kappa shape index (κ3) is 4.49. The number of nitrogens with one attached hydrogen (secondary N) is 1. The van der Waals surface area contributed by atoms with Gasteiger partial charge >= 0.3 is 0 Å². The zero-order valence-corrected chi connectivity index (χ0v) is 16.4. The maximum Gasteiger partial charge on any atom is 0.264 e. The highest BCUT2D eigenvalue weighted by molar-refractivity contribution is 7.89. The fourth-order valence-corrected chi connectivity index (χ4v) is 3.25. The molecular weight excluding hydrogens is 352 g/mol. The van der Waals surface area contributed by atoms with E-state index in [1.54, 1.807) is 0 Å². The summed E-state index contributed by atoms with van der Waals surface area (Å²) in [5.74, 6) is -0.308. The van der Waals surface area contributed by atoms with Crippen LogP contribution in [-0.4, -0.2) is 33.0 Å². The summed E-state index contributed by atoms with van der Waals surface area (Å²) in [6.07, 6.45) is 0. The van der Waals surface area contributed by atoms with Crippen LogP contribution in [0.5, 0.6) is 0 Å². The summed E-state index contributed by atoms with van der Waals surface area (Å²) in [6, 6.07) is 13.4. The number of hydroxylamine groups is 1. The topological polar surface area (TPSA) is 75.7 Å². The molecule has 140 valence electrons. The maximum atomic E-state index is 12.4. The van der Waals surface area contributed by atoms with Gasteiger partial charge in [-0.15, -0.1) is 0 Å². The highest BCUT2D eigenvalue weighted by Gasteiger charge is 2.21. The number of hydrogen-bond donors (Lipinski definition) is 1. The van der Waals surface area contributed by atoms with Gasteiger partial charge in [0.1, 0.15) is 0 Å². The molecule has 0 radical (unpaired) electrons. The summed E-state index contributed by atoms with van der Waals surface area (Å²) in [5, 5.41) is 2.81. The first-order valence-corrected chi connectivity index (χ1v) is 9.54. The molecule has 0 spiro atoms. The quantitative estimate of drug-likeness (QED) is 0.812. The second-order valence-corrected chi connectivity index (χ2v) is 8.84. The number of carbonyl (C=O) groups is 1. The van der Waals surface area contributed by atoms with Gasteiger partial charge in [0.15, 0.2) is 0 Å². The van der Waals surface area contributed by atoms with Crippen molar-refractivity contribution in [3.05, 3.63) is 59.7 Å². The number of carbonyl (C=O) groups excluding carboxylic acids is 1. The van der Waals surface area contributed by atoms with Crippen LogP contribution in [0.25, 0.3) is 0 Å². The lowest BCUT2D eigenvalue weighted by Gasteiger charge is -2.19. The molecular formula is C19H24N2O4S. The van der Waals surface area contributed by atoms with Gasteiger partial charge in [0.05, 0.1) is 12.0 Å². The zero-order chi connectivity index (χ0) is 19.5. The molecule has 0 aliphatic heterocycles. The van der Waals surface area contributed by atoms with Gasteiger partial charge in [0, 0.05) is 18.3 Å². The molecule has 0 bridgehead atoms. The first kappa shape index (κ1) is 20.1. The van der Waals surface area contributed by atoms with Crippen LogP contribution in [0, 0.1) is 0 Å². The van der Waals surface area contributed by atoms with Gasteiger partial charge < -0.3 is 5.32 Å². The summed E-state index contributed by atoms with van der Waals surface area (Å²) in [5.41, 5.74) is 2.26. The summed E-state index contributed by atoms with van der Waals surface area (Å²) in [6.45, 7) is 6.37. The standard InChI is InChI=1S/C19H24N2O4S/c1-19(2,3)15-8-10-16(11-9-15)20-18(22)14-6-12-17(13-7-14)26(23,24)21(4)25-5/h6-13H,1-5H3,(H,20,22). The number of nitrogens with zero attached hydrogens (tertiary/aromatic N) is 1. The lowest BCUT2D eigenvalue weighted by atomic mass is 9.87. The van der Waals surface area contributed by atoms with Gasteiger partial charge in [0.2, 0.25) is 0 Å². The first-order chi connectivity index (χ1) is 12.1. The molecule has 0 heterocycles. The lowest BCUT2D eigenvalue weighted by Crippen LogP contribution is -2.25. The van der Waals surface area contributed by atoms with Gasteiger partial charge in [0.25, 0.3) is 15.9 Å². The van der Waals surface area contributed by atoms with Crippen molar-refractivity contribution in [2.24, 2.45) is 0 Å². The molecule has 0 aliphatic rings. The van der Waals surface area contributed by atoms with Crippen molar-refractivity contribution in [3.63, 3.8) is 0 Å². The predicted octanol–water partition coefficient (Wildman–Crippen LogP) is 3.42. The summed E-state index contributed by atoms with van der Waals surface area (Å²) in [4.78, 5) is 17.1. The summed E-state index contributed by atoms with van der Waals surface area (Å²) < 4.78 is 25.1. The Morgan fingerprint density at radius 3 is 2.00 bits per heavy atom. The molecule has 0 aromatic heterocycles. The molecule has 26 heavy (non-hydrogen) atoms. The number of hydrogen-bond acceptors (Lipinski definition) is 4. The van der Waals surface area contributed by atoms with Crippen molar-refractivity contribution in [2.45, 2.75) is 31.1 Å². The van der Waals surface area contributed by atoms with E-state index < -0.39 is 10.0 Å². The Labute approximate surface area is 154 Å². The highest BCUT2D eigenvalue weighted by Crippen LogP contribution is 2.24. The third-order valence-electron chi connectivity index (χ3n) is 4.02. The molecule has 2 rings (SSSR count). The van der Waals surface area contributed by atoms with Crippen molar-refractivity contribution in [1.82, 2.24) is 4.47 Å². The van der Waals surface area contributed by atoms with E-state index in [2.05, 4.69) is 26.1 Å². The van der Waals surface area contributed by atoms with E-state index in [4.69, 9.17) is 4.84 Å². The van der Waals surface area contributed by atoms with Crippen LogP contribution in [0.2, 0.25) is 0 Å². The Morgan fingerprint density at radius 2 is 1.54 bits per heavy atom. The monoisotopic (exact) mass is 376 g/mol. The predicted molar refractivity (Wildman–Crippen MR) is 101 cm³/mol. The number of anilines is 1. The minimum Gasteiger partial charge on any atom is -0.322 e. The Hall–Kier alpha value is -2.22.